The quantitative estimate of drug-likeness (QED) is 0.757. The first-order valence-corrected chi connectivity index (χ1v) is 6.84. The highest BCUT2D eigenvalue weighted by Crippen LogP contribution is 2.21. The molecule has 4 heteroatoms. The fourth-order valence-electron chi connectivity index (χ4n) is 1.44. The number of alkyl halides is 1. The highest BCUT2D eigenvalue weighted by Gasteiger charge is 2.16. The van der Waals surface area contributed by atoms with Crippen LogP contribution in [0.2, 0.25) is 0 Å². The number of nitrogens with one attached hydrogen (secondary N) is 1. The van der Waals surface area contributed by atoms with Crippen molar-refractivity contribution in [3.63, 3.8) is 0 Å². The van der Waals surface area contributed by atoms with E-state index in [0.29, 0.717) is 11.8 Å². The zero-order valence-electron chi connectivity index (χ0n) is 8.59. The Bertz CT molecular complexity index is 183. The van der Waals surface area contributed by atoms with Gasteiger partial charge in [0.15, 0.2) is 0 Å². The second-order valence-corrected chi connectivity index (χ2v) is 5.39. The van der Waals surface area contributed by atoms with Gasteiger partial charge >= 0.3 is 0 Å². The Kier molecular flexibility index (Phi) is 5.71. The van der Waals surface area contributed by atoms with Gasteiger partial charge in [-0.1, -0.05) is 6.92 Å². The van der Waals surface area contributed by atoms with Crippen LogP contribution in [0, 0.1) is 11.8 Å². The average molecular weight is 236 g/mol. The maximum absolute atomic E-state index is 11.4. The van der Waals surface area contributed by atoms with Crippen molar-refractivity contribution in [3.8, 4) is 0 Å². The first-order chi connectivity index (χ1) is 6.74. The molecule has 82 valence electrons. The molecule has 1 saturated heterocycles. The lowest BCUT2D eigenvalue weighted by molar-refractivity contribution is -0.124. The van der Waals surface area contributed by atoms with Crippen molar-refractivity contribution < 1.29 is 4.79 Å². The summed E-state index contributed by atoms with van der Waals surface area (Å²) in [6, 6.07) is 0. The molecule has 1 aliphatic rings. The number of thioether (sulfide) groups is 1. The third-order valence-corrected chi connectivity index (χ3v) is 4.10. The van der Waals surface area contributed by atoms with E-state index in [-0.39, 0.29) is 11.8 Å². The Balaban J connectivity index is 2.15. The molecule has 1 amide bonds. The zero-order valence-corrected chi connectivity index (χ0v) is 10.2. The number of rotatable bonds is 4. The predicted molar refractivity (Wildman–Crippen MR) is 62.9 cm³/mol. The SMILES string of the molecule is CC(CCl)C(=O)NCC1CCSCC1. The molecule has 1 atom stereocenters. The number of halogens is 1. The van der Waals surface area contributed by atoms with Crippen LogP contribution < -0.4 is 5.32 Å². The van der Waals surface area contributed by atoms with E-state index in [4.69, 9.17) is 11.6 Å². The number of carbonyl (C=O) groups excluding carboxylic acids is 1. The number of amides is 1. The molecule has 1 unspecified atom stereocenters. The number of carbonyl (C=O) groups is 1. The molecule has 0 spiro atoms. The molecule has 0 aromatic heterocycles. The minimum atomic E-state index is -0.0605. The van der Waals surface area contributed by atoms with Crippen LogP contribution >= 0.6 is 23.4 Å². The van der Waals surface area contributed by atoms with E-state index in [2.05, 4.69) is 5.32 Å². The normalized spacial score (nSPS) is 20.4. The molecule has 14 heavy (non-hydrogen) atoms. The summed E-state index contributed by atoms with van der Waals surface area (Å²) >= 11 is 7.61. The van der Waals surface area contributed by atoms with Crippen molar-refractivity contribution in [2.45, 2.75) is 19.8 Å². The fraction of sp³-hybridized carbons (Fsp3) is 0.900. The minimum absolute atomic E-state index is 0.0605. The van der Waals surface area contributed by atoms with E-state index in [1.807, 2.05) is 18.7 Å². The Morgan fingerprint density at radius 2 is 2.21 bits per heavy atom. The van der Waals surface area contributed by atoms with Crippen LogP contribution in [0.25, 0.3) is 0 Å². The third kappa shape index (κ3) is 4.09. The average Bonchev–Trinajstić information content (AvgIpc) is 2.26. The molecular weight excluding hydrogens is 218 g/mol. The lowest BCUT2D eigenvalue weighted by Gasteiger charge is -2.22. The van der Waals surface area contributed by atoms with E-state index in [0.717, 1.165) is 6.54 Å². The Hall–Kier alpha value is 0.110. The monoisotopic (exact) mass is 235 g/mol. The summed E-state index contributed by atoms with van der Waals surface area (Å²) in [4.78, 5) is 11.4. The Morgan fingerprint density at radius 1 is 1.57 bits per heavy atom. The van der Waals surface area contributed by atoms with Gasteiger partial charge in [0.1, 0.15) is 0 Å². The van der Waals surface area contributed by atoms with Crippen molar-refractivity contribution >= 4 is 29.3 Å². The summed E-state index contributed by atoms with van der Waals surface area (Å²) < 4.78 is 0. The van der Waals surface area contributed by atoms with Crippen LogP contribution in [0.5, 0.6) is 0 Å². The summed E-state index contributed by atoms with van der Waals surface area (Å²) in [7, 11) is 0. The largest absolute Gasteiger partial charge is 0.356 e. The minimum Gasteiger partial charge on any atom is -0.356 e. The molecule has 1 fully saturated rings. The van der Waals surface area contributed by atoms with Gasteiger partial charge in [-0.25, -0.2) is 0 Å². The van der Waals surface area contributed by atoms with Crippen LogP contribution in [0.15, 0.2) is 0 Å². The summed E-state index contributed by atoms with van der Waals surface area (Å²) in [6.07, 6.45) is 2.47. The van der Waals surface area contributed by atoms with Gasteiger partial charge in [-0.05, 0) is 30.3 Å². The Morgan fingerprint density at radius 3 is 2.79 bits per heavy atom. The van der Waals surface area contributed by atoms with Gasteiger partial charge in [0.05, 0.1) is 0 Å². The van der Waals surface area contributed by atoms with Crippen LogP contribution in [0.4, 0.5) is 0 Å². The van der Waals surface area contributed by atoms with Gasteiger partial charge in [-0.15, -0.1) is 11.6 Å². The zero-order chi connectivity index (χ0) is 10.4. The van der Waals surface area contributed by atoms with Gasteiger partial charge in [0, 0.05) is 18.3 Å². The predicted octanol–water partition coefficient (Wildman–Crippen LogP) is 2.12. The van der Waals surface area contributed by atoms with E-state index >= 15 is 0 Å². The molecule has 1 heterocycles. The molecule has 0 bridgehead atoms. The molecule has 0 aromatic carbocycles. The molecule has 2 nitrogen and oxygen atoms in total. The lowest BCUT2D eigenvalue weighted by Crippen LogP contribution is -2.35. The van der Waals surface area contributed by atoms with Gasteiger partial charge in [0.2, 0.25) is 5.91 Å². The van der Waals surface area contributed by atoms with Crippen LogP contribution in [-0.2, 0) is 4.79 Å². The van der Waals surface area contributed by atoms with Crippen LogP contribution in [0.1, 0.15) is 19.8 Å². The summed E-state index contributed by atoms with van der Waals surface area (Å²) in [5, 5.41) is 2.97. The molecule has 1 rings (SSSR count). The third-order valence-electron chi connectivity index (χ3n) is 2.58. The van der Waals surface area contributed by atoms with Gasteiger partial charge in [-0.3, -0.25) is 4.79 Å². The molecule has 0 radical (unpaired) electrons. The summed E-state index contributed by atoms with van der Waals surface area (Å²) in [5.74, 6) is 3.61. The van der Waals surface area contributed by atoms with E-state index < -0.39 is 0 Å². The van der Waals surface area contributed by atoms with Crippen LogP contribution in [0.3, 0.4) is 0 Å². The van der Waals surface area contributed by atoms with E-state index in [9.17, 15) is 4.79 Å². The topological polar surface area (TPSA) is 29.1 Å². The molecular formula is C10H18ClNOS. The van der Waals surface area contributed by atoms with Crippen molar-refractivity contribution in [2.24, 2.45) is 11.8 Å². The molecule has 0 aliphatic carbocycles. The van der Waals surface area contributed by atoms with Crippen molar-refractivity contribution in [1.29, 1.82) is 0 Å². The van der Waals surface area contributed by atoms with Gasteiger partial charge in [0.25, 0.3) is 0 Å². The highest BCUT2D eigenvalue weighted by atomic mass is 35.5. The highest BCUT2D eigenvalue weighted by molar-refractivity contribution is 7.99. The first-order valence-electron chi connectivity index (χ1n) is 5.15. The van der Waals surface area contributed by atoms with Crippen molar-refractivity contribution in [1.82, 2.24) is 5.32 Å². The van der Waals surface area contributed by atoms with Gasteiger partial charge < -0.3 is 5.32 Å². The maximum atomic E-state index is 11.4. The van der Waals surface area contributed by atoms with Crippen molar-refractivity contribution in [2.75, 3.05) is 23.9 Å². The lowest BCUT2D eigenvalue weighted by atomic mass is 10.0. The second kappa shape index (κ2) is 6.57. The fourth-order valence-corrected chi connectivity index (χ4v) is 2.78. The van der Waals surface area contributed by atoms with E-state index in [1.54, 1.807) is 0 Å². The molecule has 0 aromatic rings. The Labute approximate surface area is 95.2 Å². The number of hydrogen-bond donors (Lipinski definition) is 1. The second-order valence-electron chi connectivity index (χ2n) is 3.86. The molecule has 1 aliphatic heterocycles. The summed E-state index contributed by atoms with van der Waals surface area (Å²) in [6.45, 7) is 2.69. The van der Waals surface area contributed by atoms with Crippen molar-refractivity contribution in [3.05, 3.63) is 0 Å². The molecule has 0 saturated carbocycles. The van der Waals surface area contributed by atoms with E-state index in [1.165, 1.54) is 24.3 Å². The van der Waals surface area contributed by atoms with Crippen LogP contribution in [-0.4, -0.2) is 29.8 Å². The molecule has 1 N–H and O–H groups in total. The van der Waals surface area contributed by atoms with Gasteiger partial charge in [-0.2, -0.15) is 11.8 Å². The standard InChI is InChI=1S/C10H18ClNOS/c1-8(6-11)10(13)12-7-9-2-4-14-5-3-9/h8-9H,2-7H2,1H3,(H,12,13). The smallest absolute Gasteiger partial charge is 0.224 e. The summed E-state index contributed by atoms with van der Waals surface area (Å²) in [5.41, 5.74) is 0. The first kappa shape index (κ1) is 12.2. The maximum Gasteiger partial charge on any atom is 0.224 e. The number of hydrogen-bond acceptors (Lipinski definition) is 2.